The Hall–Kier alpha value is -2.34. The van der Waals surface area contributed by atoms with Gasteiger partial charge in [0.1, 0.15) is 17.3 Å². The third kappa shape index (κ3) is 4.02. The lowest BCUT2D eigenvalue weighted by molar-refractivity contribution is 0.0752. The number of hydrogen-bond acceptors (Lipinski definition) is 3. The second-order valence-electron chi connectivity index (χ2n) is 6.24. The minimum Gasteiger partial charge on any atom is -0.336 e. The molecule has 1 unspecified atom stereocenters. The summed E-state index contributed by atoms with van der Waals surface area (Å²) in [5.41, 5.74) is 0.916. The van der Waals surface area contributed by atoms with E-state index in [0.717, 1.165) is 19.0 Å². The fourth-order valence-corrected chi connectivity index (χ4v) is 3.22. The van der Waals surface area contributed by atoms with Gasteiger partial charge in [-0.1, -0.05) is 12.1 Å². The Bertz CT molecular complexity index is 739. The molecule has 0 aliphatic carbocycles. The minimum absolute atomic E-state index is 0.0805. The van der Waals surface area contributed by atoms with E-state index >= 15 is 0 Å². The summed E-state index contributed by atoms with van der Waals surface area (Å²) in [6.45, 7) is 4.50. The van der Waals surface area contributed by atoms with E-state index < -0.39 is 11.6 Å². The first kappa shape index (κ1) is 17.5. The van der Waals surface area contributed by atoms with Crippen molar-refractivity contribution >= 4 is 5.91 Å². The van der Waals surface area contributed by atoms with Gasteiger partial charge in [0.15, 0.2) is 0 Å². The van der Waals surface area contributed by atoms with Gasteiger partial charge in [0, 0.05) is 50.0 Å². The monoisotopic (exact) mass is 345 g/mol. The molecule has 132 valence electrons. The maximum atomic E-state index is 14.0. The number of nitrogens with zero attached hydrogens (tertiary/aromatic N) is 3. The number of rotatable bonds is 3. The molecule has 1 atom stereocenters. The maximum Gasteiger partial charge on any atom is 0.272 e. The van der Waals surface area contributed by atoms with Crippen LogP contribution < -0.4 is 0 Å². The molecule has 0 bridgehead atoms. The average Bonchev–Trinajstić information content (AvgIpc) is 2.87. The van der Waals surface area contributed by atoms with E-state index in [1.54, 1.807) is 29.3 Å². The molecule has 3 rings (SSSR count). The summed E-state index contributed by atoms with van der Waals surface area (Å²) in [6, 6.07) is 8.80. The molecule has 6 heteroatoms. The van der Waals surface area contributed by atoms with Crippen molar-refractivity contribution in [1.82, 2.24) is 14.8 Å². The topological polar surface area (TPSA) is 36.4 Å². The molecule has 0 saturated carbocycles. The predicted molar refractivity (Wildman–Crippen MR) is 91.1 cm³/mol. The zero-order valence-corrected chi connectivity index (χ0v) is 14.2. The van der Waals surface area contributed by atoms with Crippen molar-refractivity contribution in [3.63, 3.8) is 0 Å². The summed E-state index contributed by atoms with van der Waals surface area (Å²) < 4.78 is 27.2. The molecule has 0 spiro atoms. The van der Waals surface area contributed by atoms with Crippen LogP contribution in [0.1, 0.15) is 35.4 Å². The summed E-state index contributed by atoms with van der Waals surface area (Å²) >= 11 is 0. The molecule has 25 heavy (non-hydrogen) atoms. The zero-order valence-electron chi connectivity index (χ0n) is 14.2. The van der Waals surface area contributed by atoms with Crippen LogP contribution in [0.25, 0.3) is 0 Å². The Labute approximate surface area is 146 Å². The first-order chi connectivity index (χ1) is 12.1. The van der Waals surface area contributed by atoms with Crippen LogP contribution in [-0.2, 0) is 0 Å². The molecular weight excluding hydrogens is 324 g/mol. The van der Waals surface area contributed by atoms with Gasteiger partial charge in [0.05, 0.1) is 0 Å². The first-order valence-corrected chi connectivity index (χ1v) is 8.45. The van der Waals surface area contributed by atoms with E-state index in [2.05, 4.69) is 9.88 Å². The molecule has 1 fully saturated rings. The Kier molecular flexibility index (Phi) is 5.38. The van der Waals surface area contributed by atoms with E-state index in [-0.39, 0.29) is 11.9 Å². The highest BCUT2D eigenvalue weighted by Crippen LogP contribution is 2.25. The molecule has 2 heterocycles. The van der Waals surface area contributed by atoms with Crippen LogP contribution >= 0.6 is 0 Å². The second kappa shape index (κ2) is 7.70. The number of carbonyl (C=O) groups is 1. The van der Waals surface area contributed by atoms with E-state index in [4.69, 9.17) is 0 Å². The molecule has 0 radical (unpaired) electrons. The van der Waals surface area contributed by atoms with Gasteiger partial charge < -0.3 is 4.90 Å². The van der Waals surface area contributed by atoms with Gasteiger partial charge in [-0.25, -0.2) is 8.78 Å². The van der Waals surface area contributed by atoms with E-state index in [0.29, 0.717) is 30.9 Å². The fraction of sp³-hybridized carbons (Fsp3) is 0.368. The van der Waals surface area contributed by atoms with Crippen molar-refractivity contribution in [1.29, 1.82) is 0 Å². The molecule has 1 saturated heterocycles. The number of amides is 1. The maximum absolute atomic E-state index is 14.0. The molecule has 0 N–H and O–H groups in total. The van der Waals surface area contributed by atoms with Crippen LogP contribution in [0, 0.1) is 11.6 Å². The first-order valence-electron chi connectivity index (χ1n) is 8.45. The molecular formula is C19H21F2N3O. The number of benzene rings is 1. The molecule has 1 aliphatic rings. The number of pyridine rings is 1. The lowest BCUT2D eigenvalue weighted by atomic mass is 10.1. The summed E-state index contributed by atoms with van der Waals surface area (Å²) in [5, 5.41) is 0. The SMILES string of the molecule is CC(c1ccc(F)cc1F)N1CCCN(C(=O)c2ccccn2)CC1. The lowest BCUT2D eigenvalue weighted by Gasteiger charge is -2.28. The average molecular weight is 345 g/mol. The molecule has 1 amide bonds. The van der Waals surface area contributed by atoms with Crippen LogP contribution in [0.15, 0.2) is 42.6 Å². The van der Waals surface area contributed by atoms with Gasteiger partial charge in [0.25, 0.3) is 5.91 Å². The molecule has 2 aromatic rings. The molecule has 1 aliphatic heterocycles. The number of hydrogen-bond donors (Lipinski definition) is 0. The Morgan fingerprint density at radius 3 is 2.68 bits per heavy atom. The normalized spacial score (nSPS) is 17.2. The number of halogens is 2. The summed E-state index contributed by atoms with van der Waals surface area (Å²) in [5.74, 6) is -1.18. The summed E-state index contributed by atoms with van der Waals surface area (Å²) in [4.78, 5) is 20.6. The van der Waals surface area contributed by atoms with Crippen LogP contribution in [0.5, 0.6) is 0 Å². The Morgan fingerprint density at radius 1 is 1.12 bits per heavy atom. The smallest absolute Gasteiger partial charge is 0.272 e. The van der Waals surface area contributed by atoms with Gasteiger partial charge >= 0.3 is 0 Å². The van der Waals surface area contributed by atoms with Crippen molar-refractivity contribution in [3.05, 3.63) is 65.5 Å². The van der Waals surface area contributed by atoms with Crippen LogP contribution in [0.2, 0.25) is 0 Å². The third-order valence-electron chi connectivity index (χ3n) is 4.66. The Morgan fingerprint density at radius 2 is 1.96 bits per heavy atom. The van der Waals surface area contributed by atoms with Crippen LogP contribution in [0.4, 0.5) is 8.78 Å². The van der Waals surface area contributed by atoms with Crippen molar-refractivity contribution in [2.75, 3.05) is 26.2 Å². The van der Waals surface area contributed by atoms with Crippen LogP contribution in [0.3, 0.4) is 0 Å². The van der Waals surface area contributed by atoms with Crippen molar-refractivity contribution in [2.24, 2.45) is 0 Å². The molecule has 4 nitrogen and oxygen atoms in total. The third-order valence-corrected chi connectivity index (χ3v) is 4.66. The Balaban J connectivity index is 1.68. The summed E-state index contributed by atoms with van der Waals surface area (Å²) in [7, 11) is 0. The predicted octanol–water partition coefficient (Wildman–Crippen LogP) is 3.27. The van der Waals surface area contributed by atoms with Gasteiger partial charge in [0.2, 0.25) is 0 Å². The second-order valence-corrected chi connectivity index (χ2v) is 6.24. The largest absolute Gasteiger partial charge is 0.336 e. The number of aromatic nitrogens is 1. The zero-order chi connectivity index (χ0) is 17.8. The van der Waals surface area contributed by atoms with E-state index in [9.17, 15) is 13.6 Å². The van der Waals surface area contributed by atoms with Crippen molar-refractivity contribution in [2.45, 2.75) is 19.4 Å². The van der Waals surface area contributed by atoms with Crippen LogP contribution in [-0.4, -0.2) is 46.9 Å². The van der Waals surface area contributed by atoms with Gasteiger partial charge in [-0.2, -0.15) is 0 Å². The van der Waals surface area contributed by atoms with Gasteiger partial charge in [-0.05, 0) is 31.5 Å². The van der Waals surface area contributed by atoms with Gasteiger partial charge in [-0.15, -0.1) is 0 Å². The lowest BCUT2D eigenvalue weighted by Crippen LogP contribution is -2.36. The van der Waals surface area contributed by atoms with E-state index in [1.807, 2.05) is 6.92 Å². The van der Waals surface area contributed by atoms with Crippen molar-refractivity contribution < 1.29 is 13.6 Å². The highest BCUT2D eigenvalue weighted by atomic mass is 19.1. The summed E-state index contributed by atoms with van der Waals surface area (Å²) in [6.07, 6.45) is 2.41. The van der Waals surface area contributed by atoms with Gasteiger partial charge in [-0.3, -0.25) is 14.7 Å². The highest BCUT2D eigenvalue weighted by molar-refractivity contribution is 5.92. The molecule has 1 aromatic carbocycles. The highest BCUT2D eigenvalue weighted by Gasteiger charge is 2.25. The van der Waals surface area contributed by atoms with E-state index in [1.165, 1.54) is 12.1 Å². The van der Waals surface area contributed by atoms with Crippen molar-refractivity contribution in [3.8, 4) is 0 Å². The fourth-order valence-electron chi connectivity index (χ4n) is 3.22. The standard InChI is InChI=1S/C19H21F2N3O/c1-14(16-7-6-15(20)13-17(16)21)23-9-4-10-24(12-11-23)19(25)18-5-2-3-8-22-18/h2-3,5-8,13-14H,4,9-12H2,1H3. The molecule has 1 aromatic heterocycles. The number of carbonyl (C=O) groups excluding carboxylic acids is 1. The quantitative estimate of drug-likeness (QED) is 0.857. The minimum atomic E-state index is -0.573.